The highest BCUT2D eigenvalue weighted by Gasteiger charge is 2.34. The van der Waals surface area contributed by atoms with Crippen molar-refractivity contribution < 1.29 is 24.1 Å². The van der Waals surface area contributed by atoms with Gasteiger partial charge in [0.1, 0.15) is 18.8 Å². The summed E-state index contributed by atoms with van der Waals surface area (Å²) in [6.07, 6.45) is 9.31. The second-order valence-electron chi connectivity index (χ2n) is 7.83. The van der Waals surface area contributed by atoms with Crippen molar-refractivity contribution >= 4 is 17.6 Å². The highest BCUT2D eigenvalue weighted by atomic mass is 35.5. The van der Waals surface area contributed by atoms with E-state index in [1.807, 2.05) is 12.2 Å². The molecule has 1 N–H and O–H groups in total. The number of esters is 1. The van der Waals surface area contributed by atoms with Gasteiger partial charge in [-0.15, -0.1) is 11.6 Å². The molecule has 0 aromatic carbocycles. The van der Waals surface area contributed by atoms with Crippen molar-refractivity contribution in [3.8, 4) is 11.8 Å². The summed E-state index contributed by atoms with van der Waals surface area (Å²) in [6, 6.07) is 0. The largest absolute Gasteiger partial charge is 0.461 e. The number of aliphatic hydroxyl groups is 1. The van der Waals surface area contributed by atoms with Gasteiger partial charge in [0.25, 0.3) is 0 Å². The zero-order valence-electron chi connectivity index (χ0n) is 16.9. The first kappa shape index (κ1) is 23.2. The Morgan fingerprint density at radius 2 is 2.04 bits per heavy atom. The molecule has 0 aromatic heterocycles. The molecular formula is C22H33ClO5. The molecule has 2 fully saturated rings. The summed E-state index contributed by atoms with van der Waals surface area (Å²) in [6.45, 7) is 4.36. The minimum atomic E-state index is -0.575. The number of rotatable bonds is 8. The molecule has 1 saturated heterocycles. The smallest absolute Gasteiger partial charge is 0.332 e. The Morgan fingerprint density at radius 1 is 1.29 bits per heavy atom. The summed E-state index contributed by atoms with van der Waals surface area (Å²) in [5.41, 5.74) is 0. The van der Waals surface area contributed by atoms with E-state index in [0.717, 1.165) is 12.8 Å². The lowest BCUT2D eigenvalue weighted by Crippen LogP contribution is -2.23. The lowest BCUT2D eigenvalue weighted by molar-refractivity contribution is -0.152. The second kappa shape index (κ2) is 12.5. The maximum atomic E-state index is 11.4. The number of allylic oxidation sites excluding steroid dienone is 1. The number of ether oxygens (including phenoxy) is 3. The van der Waals surface area contributed by atoms with Gasteiger partial charge in [0.2, 0.25) is 0 Å². The van der Waals surface area contributed by atoms with Crippen LogP contribution in [0.25, 0.3) is 0 Å². The molecule has 0 aromatic rings. The van der Waals surface area contributed by atoms with Gasteiger partial charge in [-0.1, -0.05) is 43.3 Å². The van der Waals surface area contributed by atoms with Gasteiger partial charge in [-0.3, -0.25) is 0 Å². The molecule has 28 heavy (non-hydrogen) atoms. The van der Waals surface area contributed by atoms with Crippen LogP contribution in [0.4, 0.5) is 0 Å². The van der Waals surface area contributed by atoms with E-state index < -0.39 is 6.10 Å². The predicted octanol–water partition coefficient (Wildman–Crippen LogP) is 3.47. The first-order valence-electron chi connectivity index (χ1n) is 10.3. The van der Waals surface area contributed by atoms with Crippen molar-refractivity contribution in [1.82, 2.24) is 0 Å². The Morgan fingerprint density at radius 3 is 2.75 bits per heavy atom. The van der Waals surface area contributed by atoms with Crippen LogP contribution in [0.2, 0.25) is 0 Å². The number of carbonyl (C=O) groups is 1. The van der Waals surface area contributed by atoms with Crippen LogP contribution in [-0.4, -0.2) is 54.6 Å². The molecule has 1 aliphatic carbocycles. The lowest BCUT2D eigenvalue weighted by atomic mass is 9.85. The summed E-state index contributed by atoms with van der Waals surface area (Å²) >= 11 is 6.39. The van der Waals surface area contributed by atoms with Crippen LogP contribution in [0, 0.1) is 23.7 Å². The molecule has 5 nitrogen and oxygen atoms in total. The van der Waals surface area contributed by atoms with Crippen LogP contribution in [-0.2, 0) is 19.0 Å². The van der Waals surface area contributed by atoms with Crippen molar-refractivity contribution in [2.45, 2.75) is 76.1 Å². The lowest BCUT2D eigenvalue weighted by Gasteiger charge is -2.23. The number of hydrogen-bond donors (Lipinski definition) is 1. The average molecular weight is 413 g/mol. The van der Waals surface area contributed by atoms with Crippen LogP contribution in [0.15, 0.2) is 12.2 Å². The Hall–Kier alpha value is -1.06. The SMILES string of the molecule is CC(C)OC(=O)COC/C=C\C[C@H]1[C@H](Cl)CO[C@@H]1C#C[C@@H](O)C1CCCCC1. The van der Waals surface area contributed by atoms with Gasteiger partial charge in [0, 0.05) is 5.92 Å². The molecule has 0 amide bonds. The van der Waals surface area contributed by atoms with Crippen molar-refractivity contribution in [3.63, 3.8) is 0 Å². The fraction of sp³-hybridized carbons (Fsp3) is 0.773. The van der Waals surface area contributed by atoms with Crippen molar-refractivity contribution in [2.24, 2.45) is 11.8 Å². The maximum absolute atomic E-state index is 11.4. The van der Waals surface area contributed by atoms with E-state index in [1.54, 1.807) is 13.8 Å². The summed E-state index contributed by atoms with van der Waals surface area (Å²) in [5, 5.41) is 10.2. The van der Waals surface area contributed by atoms with Gasteiger partial charge in [-0.25, -0.2) is 4.79 Å². The summed E-state index contributed by atoms with van der Waals surface area (Å²) in [7, 11) is 0. The molecule has 1 heterocycles. The highest BCUT2D eigenvalue weighted by Crippen LogP contribution is 2.30. The van der Waals surface area contributed by atoms with Gasteiger partial charge in [-0.2, -0.15) is 0 Å². The minimum Gasteiger partial charge on any atom is -0.461 e. The van der Waals surface area contributed by atoms with E-state index in [0.29, 0.717) is 19.6 Å². The molecule has 1 aliphatic heterocycles. The Kier molecular flexibility index (Phi) is 10.4. The molecule has 2 aliphatic rings. The minimum absolute atomic E-state index is 0.0552. The normalized spacial score (nSPS) is 27.0. The van der Waals surface area contributed by atoms with Crippen LogP contribution >= 0.6 is 11.6 Å². The first-order valence-corrected chi connectivity index (χ1v) is 10.8. The fourth-order valence-electron chi connectivity index (χ4n) is 3.62. The fourth-order valence-corrected chi connectivity index (χ4v) is 3.92. The van der Waals surface area contributed by atoms with Gasteiger partial charge in [0.15, 0.2) is 0 Å². The van der Waals surface area contributed by atoms with Gasteiger partial charge in [0.05, 0.1) is 24.7 Å². The molecule has 0 spiro atoms. The maximum Gasteiger partial charge on any atom is 0.332 e. The van der Waals surface area contributed by atoms with Gasteiger partial charge >= 0.3 is 5.97 Å². The number of alkyl halides is 1. The Labute approximate surface area is 173 Å². The quantitative estimate of drug-likeness (QED) is 0.217. The summed E-state index contributed by atoms with van der Waals surface area (Å²) in [4.78, 5) is 11.4. The third-order valence-electron chi connectivity index (χ3n) is 5.13. The molecule has 4 atom stereocenters. The molecule has 0 bridgehead atoms. The predicted molar refractivity (Wildman–Crippen MR) is 109 cm³/mol. The van der Waals surface area contributed by atoms with Crippen LogP contribution in [0.3, 0.4) is 0 Å². The summed E-state index contributed by atoms with van der Waals surface area (Å²) in [5.74, 6) is 6.12. The van der Waals surface area contributed by atoms with Crippen LogP contribution < -0.4 is 0 Å². The Balaban J connectivity index is 1.73. The zero-order chi connectivity index (χ0) is 20.4. The van der Waals surface area contributed by atoms with E-state index in [-0.39, 0.29) is 42.0 Å². The van der Waals surface area contributed by atoms with E-state index in [4.69, 9.17) is 25.8 Å². The number of aliphatic hydroxyl groups excluding tert-OH is 1. The first-order chi connectivity index (χ1) is 13.5. The second-order valence-corrected chi connectivity index (χ2v) is 8.39. The standard InChI is InChI=1S/C22H33ClO5/c1-16(2)28-22(25)15-26-13-7-6-10-18-19(23)14-27-21(18)12-11-20(24)17-8-4-3-5-9-17/h6-7,16-21,24H,3-5,8-10,13-15H2,1-2H3/b7-6-/t18-,19+,20+,21+/m0/s1. The molecule has 1 saturated carbocycles. The van der Waals surface area contributed by atoms with Crippen molar-refractivity contribution in [3.05, 3.63) is 12.2 Å². The topological polar surface area (TPSA) is 65.0 Å². The molecule has 0 unspecified atom stereocenters. The van der Waals surface area contributed by atoms with E-state index >= 15 is 0 Å². The zero-order valence-corrected chi connectivity index (χ0v) is 17.7. The average Bonchev–Trinajstić information content (AvgIpc) is 3.02. The number of halogens is 1. The molecule has 0 radical (unpaired) electrons. The third kappa shape index (κ3) is 8.13. The van der Waals surface area contributed by atoms with Crippen LogP contribution in [0.5, 0.6) is 0 Å². The van der Waals surface area contributed by atoms with E-state index in [2.05, 4.69) is 11.8 Å². The molecule has 6 heteroatoms. The number of carbonyl (C=O) groups excluding carboxylic acids is 1. The molecule has 2 rings (SSSR count). The molecule has 158 valence electrons. The monoisotopic (exact) mass is 412 g/mol. The van der Waals surface area contributed by atoms with E-state index in [9.17, 15) is 9.90 Å². The van der Waals surface area contributed by atoms with E-state index in [1.165, 1.54) is 19.3 Å². The van der Waals surface area contributed by atoms with Gasteiger partial charge in [-0.05, 0) is 39.0 Å². The van der Waals surface area contributed by atoms with Crippen molar-refractivity contribution in [1.29, 1.82) is 0 Å². The number of hydrogen-bond acceptors (Lipinski definition) is 5. The van der Waals surface area contributed by atoms with Crippen LogP contribution in [0.1, 0.15) is 52.4 Å². The Bertz CT molecular complexity index is 559. The third-order valence-corrected chi connectivity index (χ3v) is 5.58. The highest BCUT2D eigenvalue weighted by molar-refractivity contribution is 6.21. The summed E-state index contributed by atoms with van der Waals surface area (Å²) < 4.78 is 16.0. The van der Waals surface area contributed by atoms with Crippen molar-refractivity contribution in [2.75, 3.05) is 19.8 Å². The molecular weight excluding hydrogens is 380 g/mol. The van der Waals surface area contributed by atoms with Gasteiger partial charge < -0.3 is 19.3 Å².